The molecule has 0 amide bonds. The Hall–Kier alpha value is -1.18. The highest BCUT2D eigenvalue weighted by atomic mass is 16.4. The SMILES string of the molecule is N.NCC(=O)O.O=C(O)CNC1CCCCC1. The van der Waals surface area contributed by atoms with Gasteiger partial charge in [0.05, 0.1) is 13.1 Å². The summed E-state index contributed by atoms with van der Waals surface area (Å²) in [5.74, 6) is -1.72. The lowest BCUT2D eigenvalue weighted by Gasteiger charge is -2.21. The van der Waals surface area contributed by atoms with Crippen LogP contribution >= 0.6 is 0 Å². The summed E-state index contributed by atoms with van der Waals surface area (Å²) < 4.78 is 0. The highest BCUT2D eigenvalue weighted by molar-refractivity contribution is 5.69. The Balaban J connectivity index is 0. The Bertz CT molecular complexity index is 218. The Kier molecular flexibility index (Phi) is 12.1. The molecule has 1 rings (SSSR count). The van der Waals surface area contributed by atoms with E-state index in [9.17, 15) is 9.59 Å². The van der Waals surface area contributed by atoms with Crippen molar-refractivity contribution in [2.24, 2.45) is 5.73 Å². The smallest absolute Gasteiger partial charge is 0.317 e. The fourth-order valence-electron chi connectivity index (χ4n) is 1.54. The zero-order valence-corrected chi connectivity index (χ0v) is 10.0. The van der Waals surface area contributed by atoms with Gasteiger partial charge in [-0.25, -0.2) is 0 Å². The van der Waals surface area contributed by atoms with E-state index in [1.165, 1.54) is 19.3 Å². The van der Waals surface area contributed by atoms with Gasteiger partial charge in [0.2, 0.25) is 0 Å². The minimum atomic E-state index is -0.968. The van der Waals surface area contributed by atoms with Crippen LogP contribution in [0.1, 0.15) is 32.1 Å². The third kappa shape index (κ3) is 12.8. The van der Waals surface area contributed by atoms with Crippen molar-refractivity contribution >= 4 is 11.9 Å². The first-order valence-corrected chi connectivity index (χ1v) is 5.43. The van der Waals surface area contributed by atoms with Crippen LogP contribution in [-0.2, 0) is 9.59 Å². The fraction of sp³-hybridized carbons (Fsp3) is 0.800. The summed E-state index contributed by atoms with van der Waals surface area (Å²) in [6.45, 7) is -0.162. The van der Waals surface area contributed by atoms with E-state index >= 15 is 0 Å². The van der Waals surface area contributed by atoms with Gasteiger partial charge in [-0.15, -0.1) is 0 Å². The van der Waals surface area contributed by atoms with E-state index in [0.717, 1.165) is 12.8 Å². The number of nitrogens with one attached hydrogen (secondary N) is 1. The molecule has 7 nitrogen and oxygen atoms in total. The number of carbonyl (C=O) groups is 2. The van der Waals surface area contributed by atoms with Gasteiger partial charge in [-0.2, -0.15) is 0 Å². The van der Waals surface area contributed by atoms with Gasteiger partial charge in [-0.1, -0.05) is 19.3 Å². The summed E-state index contributed by atoms with van der Waals surface area (Å²) in [6.07, 6.45) is 6.10. The van der Waals surface area contributed by atoms with E-state index in [-0.39, 0.29) is 19.2 Å². The van der Waals surface area contributed by atoms with Crippen molar-refractivity contribution in [1.82, 2.24) is 11.5 Å². The number of hydrogen-bond acceptors (Lipinski definition) is 5. The average Bonchev–Trinajstić information content (AvgIpc) is 2.28. The van der Waals surface area contributed by atoms with E-state index in [2.05, 4.69) is 11.1 Å². The third-order valence-corrected chi connectivity index (χ3v) is 2.32. The number of rotatable bonds is 4. The molecule has 0 aromatic carbocycles. The standard InChI is InChI=1S/C8H15NO2.C2H5NO2.H3N/c10-8(11)6-9-7-4-2-1-3-5-7;3-1-2(4)5;/h7,9H,1-6H2,(H,10,11);1,3H2,(H,4,5);1H3. The quantitative estimate of drug-likeness (QED) is 0.477. The number of nitrogens with two attached hydrogens (primary N) is 1. The van der Waals surface area contributed by atoms with Gasteiger partial charge in [-0.3, -0.25) is 9.59 Å². The minimum Gasteiger partial charge on any atom is -0.480 e. The fourth-order valence-corrected chi connectivity index (χ4v) is 1.54. The second-order valence-corrected chi connectivity index (χ2v) is 3.71. The van der Waals surface area contributed by atoms with Crippen LogP contribution in [0.2, 0.25) is 0 Å². The molecule has 0 radical (unpaired) electrons. The van der Waals surface area contributed by atoms with Crippen LogP contribution in [0.5, 0.6) is 0 Å². The van der Waals surface area contributed by atoms with E-state index in [1.807, 2.05) is 0 Å². The summed E-state index contributed by atoms with van der Waals surface area (Å²) in [5, 5.41) is 19.0. The molecule has 1 aliphatic rings. The highest BCUT2D eigenvalue weighted by Crippen LogP contribution is 2.16. The molecule has 0 aliphatic heterocycles. The molecule has 0 spiro atoms. The van der Waals surface area contributed by atoms with Crippen molar-refractivity contribution in [3.05, 3.63) is 0 Å². The van der Waals surface area contributed by atoms with Crippen molar-refractivity contribution in [2.45, 2.75) is 38.1 Å². The van der Waals surface area contributed by atoms with Crippen molar-refractivity contribution in [1.29, 1.82) is 0 Å². The zero-order chi connectivity index (χ0) is 12.4. The summed E-state index contributed by atoms with van der Waals surface area (Å²) in [7, 11) is 0. The van der Waals surface area contributed by atoms with Crippen molar-refractivity contribution in [3.63, 3.8) is 0 Å². The number of hydrogen-bond donors (Lipinski definition) is 5. The van der Waals surface area contributed by atoms with Crippen LogP contribution in [-0.4, -0.2) is 41.3 Å². The van der Waals surface area contributed by atoms with Crippen LogP contribution < -0.4 is 17.2 Å². The molecular formula is C10H23N3O4. The van der Waals surface area contributed by atoms with Crippen LogP contribution in [0.15, 0.2) is 0 Å². The van der Waals surface area contributed by atoms with Crippen molar-refractivity contribution in [2.75, 3.05) is 13.1 Å². The lowest BCUT2D eigenvalue weighted by atomic mass is 9.96. The predicted octanol–water partition coefficient (Wildman–Crippen LogP) is 0.185. The van der Waals surface area contributed by atoms with Gasteiger partial charge in [0.15, 0.2) is 0 Å². The first-order chi connectivity index (χ1) is 7.56. The molecule has 0 aromatic heterocycles. The molecule has 102 valence electrons. The molecule has 0 bridgehead atoms. The highest BCUT2D eigenvalue weighted by Gasteiger charge is 2.12. The molecule has 0 atom stereocenters. The molecule has 0 saturated heterocycles. The maximum Gasteiger partial charge on any atom is 0.317 e. The molecule has 0 unspecified atom stereocenters. The Labute approximate surface area is 101 Å². The first-order valence-electron chi connectivity index (χ1n) is 5.43. The lowest BCUT2D eigenvalue weighted by molar-refractivity contribution is -0.136. The summed E-state index contributed by atoms with van der Waals surface area (Å²) in [6, 6.07) is 0.458. The molecule has 8 N–H and O–H groups in total. The topological polar surface area (TPSA) is 148 Å². The molecule has 1 fully saturated rings. The largest absolute Gasteiger partial charge is 0.480 e. The maximum absolute atomic E-state index is 10.2. The molecule has 1 saturated carbocycles. The van der Waals surface area contributed by atoms with Gasteiger partial charge in [0.25, 0.3) is 0 Å². The first kappa shape index (κ1) is 18.2. The lowest BCUT2D eigenvalue weighted by Crippen LogP contribution is -2.34. The van der Waals surface area contributed by atoms with E-state index < -0.39 is 11.9 Å². The molecule has 0 aromatic rings. The van der Waals surface area contributed by atoms with Gasteiger partial charge in [0.1, 0.15) is 0 Å². The van der Waals surface area contributed by atoms with Crippen LogP contribution in [0.25, 0.3) is 0 Å². The number of aliphatic carboxylic acids is 2. The normalized spacial score (nSPS) is 15.1. The Morgan fingerprint density at radius 3 is 1.94 bits per heavy atom. The number of carboxylic acids is 2. The van der Waals surface area contributed by atoms with Crippen molar-refractivity contribution in [3.8, 4) is 0 Å². The molecule has 17 heavy (non-hydrogen) atoms. The monoisotopic (exact) mass is 249 g/mol. The second kappa shape index (κ2) is 11.3. The van der Waals surface area contributed by atoms with Crippen molar-refractivity contribution < 1.29 is 19.8 Å². The van der Waals surface area contributed by atoms with Gasteiger partial charge < -0.3 is 27.4 Å². The minimum absolute atomic E-state index is 0. The van der Waals surface area contributed by atoms with E-state index in [4.69, 9.17) is 10.2 Å². The number of carboxylic acid groups (broad SMARTS) is 2. The van der Waals surface area contributed by atoms with Crippen LogP contribution in [0.4, 0.5) is 0 Å². The van der Waals surface area contributed by atoms with E-state index in [1.54, 1.807) is 0 Å². The van der Waals surface area contributed by atoms with Crippen LogP contribution in [0.3, 0.4) is 0 Å². The van der Waals surface area contributed by atoms with Crippen LogP contribution in [0, 0.1) is 0 Å². The molecule has 1 aliphatic carbocycles. The Morgan fingerprint density at radius 2 is 1.59 bits per heavy atom. The third-order valence-electron chi connectivity index (χ3n) is 2.32. The van der Waals surface area contributed by atoms with Gasteiger partial charge in [-0.05, 0) is 12.8 Å². The predicted molar refractivity (Wildman–Crippen MR) is 64.2 cm³/mol. The summed E-state index contributed by atoms with van der Waals surface area (Å²) in [4.78, 5) is 19.4. The molecule has 7 heteroatoms. The average molecular weight is 249 g/mol. The van der Waals surface area contributed by atoms with Gasteiger partial charge >= 0.3 is 11.9 Å². The van der Waals surface area contributed by atoms with Gasteiger partial charge in [0, 0.05) is 6.04 Å². The zero-order valence-electron chi connectivity index (χ0n) is 10.0. The van der Waals surface area contributed by atoms with E-state index in [0.29, 0.717) is 6.04 Å². The Morgan fingerprint density at radius 1 is 1.12 bits per heavy atom. The second-order valence-electron chi connectivity index (χ2n) is 3.71. The summed E-state index contributed by atoms with van der Waals surface area (Å²) in [5.41, 5.74) is 4.57. The summed E-state index contributed by atoms with van der Waals surface area (Å²) >= 11 is 0. The molecular weight excluding hydrogens is 226 g/mol. The maximum atomic E-state index is 10.2. The molecule has 0 heterocycles.